The first-order chi connectivity index (χ1) is 9.72. The van der Waals surface area contributed by atoms with Crippen molar-refractivity contribution in [1.29, 1.82) is 0 Å². The van der Waals surface area contributed by atoms with Gasteiger partial charge in [0.05, 0.1) is 0 Å². The lowest BCUT2D eigenvalue weighted by molar-refractivity contribution is 0.250. The van der Waals surface area contributed by atoms with Gasteiger partial charge in [0.15, 0.2) is 0 Å². The van der Waals surface area contributed by atoms with Crippen LogP contribution in [-0.4, -0.2) is 19.1 Å². The average molecular weight is 293 g/mol. The van der Waals surface area contributed by atoms with Crippen molar-refractivity contribution in [3.8, 4) is 0 Å². The number of nitrogens with two attached hydrogens (primary N) is 1. The molecule has 20 heavy (non-hydrogen) atoms. The van der Waals surface area contributed by atoms with Crippen molar-refractivity contribution in [3.63, 3.8) is 0 Å². The van der Waals surface area contributed by atoms with E-state index in [9.17, 15) is 0 Å². The lowest BCUT2D eigenvalue weighted by Crippen LogP contribution is -2.44. The molecule has 3 N–H and O–H groups in total. The molecular weight excluding hydrogens is 268 g/mol. The standard InChI is InChI=1S/C17H25ClN2/c18-15-3-1-2-14(10-15)17(12-19)8-6-16(7-9-17)20-11-13-4-5-13/h1-3,10,13,16,20H,4-9,11-12,19H2/t16-,17-. The fourth-order valence-corrected chi connectivity index (χ4v) is 3.65. The predicted molar refractivity (Wildman–Crippen MR) is 85.2 cm³/mol. The molecule has 0 atom stereocenters. The minimum Gasteiger partial charge on any atom is -0.330 e. The van der Waals surface area contributed by atoms with Crippen LogP contribution >= 0.6 is 11.6 Å². The van der Waals surface area contributed by atoms with Crippen LogP contribution < -0.4 is 11.1 Å². The summed E-state index contributed by atoms with van der Waals surface area (Å²) >= 11 is 6.15. The molecule has 3 heteroatoms. The van der Waals surface area contributed by atoms with Crippen LogP contribution in [0.2, 0.25) is 5.02 Å². The Morgan fingerprint density at radius 1 is 1.20 bits per heavy atom. The van der Waals surface area contributed by atoms with E-state index in [0.717, 1.165) is 17.5 Å². The van der Waals surface area contributed by atoms with E-state index in [1.54, 1.807) is 0 Å². The highest BCUT2D eigenvalue weighted by molar-refractivity contribution is 6.30. The summed E-state index contributed by atoms with van der Waals surface area (Å²) in [7, 11) is 0. The molecule has 1 aromatic carbocycles. The first-order valence-electron chi connectivity index (χ1n) is 7.91. The fraction of sp³-hybridized carbons (Fsp3) is 0.647. The Bertz CT molecular complexity index is 448. The molecule has 3 rings (SSSR count). The summed E-state index contributed by atoms with van der Waals surface area (Å²) in [5, 5.41) is 4.56. The second-order valence-electron chi connectivity index (χ2n) is 6.62. The Morgan fingerprint density at radius 3 is 2.55 bits per heavy atom. The van der Waals surface area contributed by atoms with Gasteiger partial charge in [0.25, 0.3) is 0 Å². The zero-order valence-electron chi connectivity index (χ0n) is 12.1. The molecule has 0 saturated heterocycles. The van der Waals surface area contributed by atoms with E-state index < -0.39 is 0 Å². The summed E-state index contributed by atoms with van der Waals surface area (Å²) in [5.41, 5.74) is 7.60. The molecule has 0 spiro atoms. The number of rotatable bonds is 5. The third-order valence-electron chi connectivity index (χ3n) is 5.16. The van der Waals surface area contributed by atoms with Gasteiger partial charge in [-0.1, -0.05) is 23.7 Å². The first-order valence-corrected chi connectivity index (χ1v) is 8.29. The molecule has 0 unspecified atom stereocenters. The maximum Gasteiger partial charge on any atom is 0.0408 e. The van der Waals surface area contributed by atoms with E-state index in [1.165, 1.54) is 50.6 Å². The van der Waals surface area contributed by atoms with Crippen molar-refractivity contribution >= 4 is 11.6 Å². The highest BCUT2D eigenvalue weighted by atomic mass is 35.5. The van der Waals surface area contributed by atoms with Crippen molar-refractivity contribution in [2.45, 2.75) is 50.0 Å². The van der Waals surface area contributed by atoms with Crippen LogP contribution in [0.3, 0.4) is 0 Å². The molecule has 0 aromatic heterocycles. The molecule has 0 amide bonds. The molecule has 2 fully saturated rings. The van der Waals surface area contributed by atoms with Crippen LogP contribution in [-0.2, 0) is 5.41 Å². The number of hydrogen-bond donors (Lipinski definition) is 2. The number of benzene rings is 1. The van der Waals surface area contributed by atoms with Gasteiger partial charge in [0.1, 0.15) is 0 Å². The molecule has 2 nitrogen and oxygen atoms in total. The van der Waals surface area contributed by atoms with Gasteiger partial charge in [0, 0.05) is 23.0 Å². The van der Waals surface area contributed by atoms with E-state index in [4.69, 9.17) is 17.3 Å². The molecule has 2 aliphatic rings. The smallest absolute Gasteiger partial charge is 0.0408 e. The van der Waals surface area contributed by atoms with Gasteiger partial charge in [-0.25, -0.2) is 0 Å². The highest BCUT2D eigenvalue weighted by Crippen LogP contribution is 2.39. The summed E-state index contributed by atoms with van der Waals surface area (Å²) < 4.78 is 0. The Labute approximate surface area is 127 Å². The molecule has 2 saturated carbocycles. The maximum atomic E-state index is 6.15. The lowest BCUT2D eigenvalue weighted by Gasteiger charge is -2.40. The number of hydrogen-bond acceptors (Lipinski definition) is 2. The SMILES string of the molecule is NC[C@]1(c2cccc(Cl)c2)CC[C@H](NCC2CC2)CC1. The van der Waals surface area contributed by atoms with Gasteiger partial charge >= 0.3 is 0 Å². The Hall–Kier alpha value is -0.570. The summed E-state index contributed by atoms with van der Waals surface area (Å²) in [4.78, 5) is 0. The van der Waals surface area contributed by atoms with Crippen molar-refractivity contribution in [2.24, 2.45) is 11.7 Å². The molecule has 0 aliphatic heterocycles. The molecule has 0 bridgehead atoms. The van der Waals surface area contributed by atoms with Crippen LogP contribution in [0.25, 0.3) is 0 Å². The largest absolute Gasteiger partial charge is 0.330 e. The predicted octanol–water partition coefficient (Wildman–Crippen LogP) is 3.48. The maximum absolute atomic E-state index is 6.15. The van der Waals surface area contributed by atoms with Gasteiger partial charge in [-0.3, -0.25) is 0 Å². The molecule has 1 aromatic rings. The van der Waals surface area contributed by atoms with Crippen molar-refractivity contribution < 1.29 is 0 Å². The monoisotopic (exact) mass is 292 g/mol. The van der Waals surface area contributed by atoms with Crippen LogP contribution in [0.4, 0.5) is 0 Å². The van der Waals surface area contributed by atoms with E-state index in [1.807, 2.05) is 12.1 Å². The van der Waals surface area contributed by atoms with Gasteiger partial charge in [-0.15, -0.1) is 0 Å². The van der Waals surface area contributed by atoms with E-state index in [2.05, 4.69) is 17.4 Å². The molecule has 110 valence electrons. The van der Waals surface area contributed by atoms with Gasteiger partial charge in [-0.2, -0.15) is 0 Å². The minimum absolute atomic E-state index is 0.142. The topological polar surface area (TPSA) is 38.0 Å². The molecule has 2 aliphatic carbocycles. The van der Waals surface area contributed by atoms with Crippen LogP contribution in [0.5, 0.6) is 0 Å². The van der Waals surface area contributed by atoms with E-state index >= 15 is 0 Å². The van der Waals surface area contributed by atoms with Gasteiger partial charge < -0.3 is 11.1 Å². The molecule has 0 radical (unpaired) electrons. The van der Waals surface area contributed by atoms with E-state index in [-0.39, 0.29) is 5.41 Å². The fourth-order valence-electron chi connectivity index (χ4n) is 3.46. The highest BCUT2D eigenvalue weighted by Gasteiger charge is 2.36. The Kier molecular flexibility index (Phi) is 4.34. The quantitative estimate of drug-likeness (QED) is 0.872. The zero-order chi connectivity index (χ0) is 14.0. The second kappa shape index (κ2) is 6.05. The summed E-state index contributed by atoms with van der Waals surface area (Å²) in [5.74, 6) is 0.962. The third kappa shape index (κ3) is 3.19. The summed E-state index contributed by atoms with van der Waals surface area (Å²) in [6, 6.07) is 8.97. The Balaban J connectivity index is 1.63. The van der Waals surface area contributed by atoms with Crippen LogP contribution in [0, 0.1) is 5.92 Å². The summed E-state index contributed by atoms with van der Waals surface area (Å²) in [6.07, 6.45) is 7.66. The van der Waals surface area contributed by atoms with Gasteiger partial charge in [-0.05, 0) is 68.7 Å². The number of nitrogens with one attached hydrogen (secondary N) is 1. The molecule has 0 heterocycles. The second-order valence-corrected chi connectivity index (χ2v) is 7.06. The Morgan fingerprint density at radius 2 is 1.95 bits per heavy atom. The average Bonchev–Trinajstić information content (AvgIpc) is 3.30. The third-order valence-corrected chi connectivity index (χ3v) is 5.40. The van der Waals surface area contributed by atoms with Crippen molar-refractivity contribution in [3.05, 3.63) is 34.9 Å². The van der Waals surface area contributed by atoms with E-state index in [0.29, 0.717) is 6.04 Å². The normalized spacial score (nSPS) is 30.4. The van der Waals surface area contributed by atoms with Crippen LogP contribution in [0.15, 0.2) is 24.3 Å². The van der Waals surface area contributed by atoms with Crippen molar-refractivity contribution in [1.82, 2.24) is 5.32 Å². The lowest BCUT2D eigenvalue weighted by atomic mass is 9.68. The van der Waals surface area contributed by atoms with Crippen LogP contribution in [0.1, 0.15) is 44.1 Å². The van der Waals surface area contributed by atoms with Crippen molar-refractivity contribution in [2.75, 3.05) is 13.1 Å². The molecular formula is C17H25ClN2. The van der Waals surface area contributed by atoms with Gasteiger partial charge in [0.2, 0.25) is 0 Å². The zero-order valence-corrected chi connectivity index (χ0v) is 12.8. The summed E-state index contributed by atoms with van der Waals surface area (Å²) in [6.45, 7) is 1.94. The first kappa shape index (κ1) is 14.4. The minimum atomic E-state index is 0.142. The number of halogens is 1.